The molecular formula is C31H53N3O10S. The van der Waals surface area contributed by atoms with Gasteiger partial charge in [0.25, 0.3) is 0 Å². The van der Waals surface area contributed by atoms with E-state index in [9.17, 15) is 43.8 Å². The van der Waals surface area contributed by atoms with Crippen molar-refractivity contribution in [1.82, 2.24) is 16.0 Å². The zero-order valence-corrected chi connectivity index (χ0v) is 27.4. The average Bonchev–Trinajstić information content (AvgIpc) is 2.96. The molecule has 0 fully saturated rings. The van der Waals surface area contributed by atoms with Crippen molar-refractivity contribution in [2.24, 2.45) is 0 Å². The normalized spacial score (nSPS) is 12.8. The summed E-state index contributed by atoms with van der Waals surface area (Å²) in [5.41, 5.74) is 0. The predicted molar refractivity (Wildman–Crippen MR) is 171 cm³/mol. The van der Waals surface area contributed by atoms with Crippen molar-refractivity contribution in [2.45, 2.75) is 153 Å². The number of hydrogen-bond acceptors (Lipinski definition) is 7. The first-order chi connectivity index (χ1) is 21.3. The fourth-order valence-electron chi connectivity index (χ4n) is 4.66. The van der Waals surface area contributed by atoms with E-state index in [4.69, 9.17) is 5.11 Å². The number of rotatable bonds is 29. The number of carbonyl (C=O) groups is 7. The lowest BCUT2D eigenvalue weighted by Crippen LogP contribution is -2.44. The summed E-state index contributed by atoms with van der Waals surface area (Å²) in [5, 5.41) is 33.9. The van der Waals surface area contributed by atoms with Crippen molar-refractivity contribution < 1.29 is 48.9 Å². The first-order valence-corrected chi connectivity index (χ1v) is 16.6. The van der Waals surface area contributed by atoms with E-state index < -0.39 is 58.9 Å². The third-order valence-corrected chi connectivity index (χ3v) is 7.77. The van der Waals surface area contributed by atoms with Gasteiger partial charge in [0.2, 0.25) is 22.8 Å². The molecule has 0 rings (SSSR count). The van der Waals surface area contributed by atoms with Crippen molar-refractivity contribution in [3.8, 4) is 0 Å². The van der Waals surface area contributed by atoms with Crippen molar-refractivity contribution in [3.05, 3.63) is 0 Å². The molecule has 0 heterocycles. The summed E-state index contributed by atoms with van der Waals surface area (Å²) < 4.78 is 0. The molecule has 45 heavy (non-hydrogen) atoms. The Morgan fingerprint density at radius 3 is 1.13 bits per heavy atom. The predicted octanol–water partition coefficient (Wildman–Crippen LogP) is 3.97. The largest absolute Gasteiger partial charge is 0.481 e. The maximum Gasteiger partial charge on any atom is 0.326 e. The number of thiol groups is 1. The maximum absolute atomic E-state index is 12.3. The van der Waals surface area contributed by atoms with E-state index in [0.29, 0.717) is 6.42 Å². The quantitative estimate of drug-likeness (QED) is 0.0453. The van der Waals surface area contributed by atoms with Gasteiger partial charge in [0.1, 0.15) is 12.1 Å². The summed E-state index contributed by atoms with van der Waals surface area (Å²) in [6.45, 7) is 1.42. The van der Waals surface area contributed by atoms with Crippen molar-refractivity contribution in [2.75, 3.05) is 0 Å². The number of carboxylic acid groups (broad SMARTS) is 3. The second-order valence-corrected chi connectivity index (χ2v) is 11.9. The smallest absolute Gasteiger partial charge is 0.326 e. The molecule has 14 heteroatoms. The SMILES string of the molecule is C[C@H](NC(=O)CC[C@H](NC(=O)CC[C@H](NC(=O)CCCCCCCCCCCCCCCCC(=O)O)C(=O)O)C(=O)O)C(=O)S. The van der Waals surface area contributed by atoms with Crippen LogP contribution < -0.4 is 16.0 Å². The van der Waals surface area contributed by atoms with Gasteiger partial charge < -0.3 is 31.3 Å². The van der Waals surface area contributed by atoms with Crippen molar-refractivity contribution in [1.29, 1.82) is 0 Å². The second-order valence-electron chi connectivity index (χ2n) is 11.5. The molecule has 0 aromatic heterocycles. The van der Waals surface area contributed by atoms with Crippen LogP contribution in [-0.4, -0.2) is 74.2 Å². The highest BCUT2D eigenvalue weighted by Gasteiger charge is 2.25. The van der Waals surface area contributed by atoms with Crippen LogP contribution in [0.15, 0.2) is 0 Å². The van der Waals surface area contributed by atoms with Gasteiger partial charge in [-0.25, -0.2) is 9.59 Å². The van der Waals surface area contributed by atoms with Gasteiger partial charge in [-0.05, 0) is 32.6 Å². The Balaban J connectivity index is 4.06. The van der Waals surface area contributed by atoms with Gasteiger partial charge in [-0.2, -0.15) is 0 Å². The Labute approximate surface area is 271 Å². The number of amides is 3. The Morgan fingerprint density at radius 1 is 0.489 bits per heavy atom. The summed E-state index contributed by atoms with van der Waals surface area (Å²) in [5.74, 6) is -5.13. The molecule has 258 valence electrons. The Hall–Kier alpha value is -3.16. The third kappa shape index (κ3) is 24.8. The van der Waals surface area contributed by atoms with Crippen LogP contribution >= 0.6 is 12.6 Å². The molecule has 0 aromatic rings. The summed E-state index contributed by atoms with van der Waals surface area (Å²) in [7, 11) is 0. The summed E-state index contributed by atoms with van der Waals surface area (Å²) in [6, 6.07) is -3.53. The van der Waals surface area contributed by atoms with E-state index in [1.807, 2.05) is 0 Å². The van der Waals surface area contributed by atoms with Gasteiger partial charge in [0.15, 0.2) is 0 Å². The van der Waals surface area contributed by atoms with Gasteiger partial charge in [-0.1, -0.05) is 77.0 Å². The van der Waals surface area contributed by atoms with Crippen LogP contribution in [0.25, 0.3) is 0 Å². The molecule has 3 amide bonds. The van der Waals surface area contributed by atoms with Crippen LogP contribution in [0.5, 0.6) is 0 Å². The Kier molecular flexibility index (Phi) is 24.3. The molecule has 3 atom stereocenters. The van der Waals surface area contributed by atoms with E-state index >= 15 is 0 Å². The van der Waals surface area contributed by atoms with E-state index in [0.717, 1.165) is 51.4 Å². The lowest BCUT2D eigenvalue weighted by Gasteiger charge is -2.17. The summed E-state index contributed by atoms with van der Waals surface area (Å²) >= 11 is 3.60. The van der Waals surface area contributed by atoms with Gasteiger partial charge in [-0.3, -0.25) is 24.0 Å². The number of nitrogens with one attached hydrogen (secondary N) is 3. The topological polar surface area (TPSA) is 216 Å². The van der Waals surface area contributed by atoms with Gasteiger partial charge >= 0.3 is 17.9 Å². The monoisotopic (exact) mass is 659 g/mol. The Morgan fingerprint density at radius 2 is 0.800 bits per heavy atom. The molecule has 0 aliphatic rings. The van der Waals surface area contributed by atoms with E-state index in [2.05, 4.69) is 28.6 Å². The van der Waals surface area contributed by atoms with Gasteiger partial charge in [0, 0.05) is 25.7 Å². The molecule has 6 N–H and O–H groups in total. The number of hydrogen-bond donors (Lipinski definition) is 7. The molecular weight excluding hydrogens is 606 g/mol. The first-order valence-electron chi connectivity index (χ1n) is 16.1. The average molecular weight is 660 g/mol. The molecule has 0 aliphatic heterocycles. The maximum atomic E-state index is 12.3. The molecule has 0 aliphatic carbocycles. The molecule has 0 unspecified atom stereocenters. The van der Waals surface area contributed by atoms with Gasteiger partial charge in [-0.15, -0.1) is 12.6 Å². The molecule has 0 bridgehead atoms. The Bertz CT molecular complexity index is 947. The van der Waals surface area contributed by atoms with Crippen LogP contribution in [0.1, 0.15) is 135 Å². The third-order valence-electron chi connectivity index (χ3n) is 7.38. The standard InChI is InChI=1S/C31H53N3O10S/c1-22(31(44)45)32-26(36)20-18-24(30(42)43)34-27(37)21-19-23(29(40)41)33-25(35)16-14-12-10-8-6-4-2-3-5-7-9-11-13-15-17-28(38)39/h22-24H,2-21H2,1H3,(H,32,36)(H,33,35)(H,34,37)(H,38,39)(H,40,41)(H,42,43)(H,44,45)/t22-,23-,24-/m0/s1. The lowest BCUT2D eigenvalue weighted by molar-refractivity contribution is -0.143. The fraction of sp³-hybridized carbons (Fsp3) is 0.774. The number of carbonyl (C=O) groups excluding carboxylic acids is 4. The second kappa shape index (κ2) is 26.1. The molecule has 0 spiro atoms. The van der Waals surface area contributed by atoms with Crippen LogP contribution in [0.4, 0.5) is 0 Å². The molecule has 0 radical (unpaired) electrons. The number of unbranched alkanes of at least 4 members (excludes halogenated alkanes) is 13. The molecule has 13 nitrogen and oxygen atoms in total. The van der Waals surface area contributed by atoms with Crippen LogP contribution in [-0.2, 0) is 33.6 Å². The minimum Gasteiger partial charge on any atom is -0.481 e. The fourth-order valence-corrected chi connectivity index (χ4v) is 4.72. The highest BCUT2D eigenvalue weighted by molar-refractivity contribution is 7.96. The number of aliphatic carboxylic acids is 3. The van der Waals surface area contributed by atoms with Crippen molar-refractivity contribution in [3.63, 3.8) is 0 Å². The lowest BCUT2D eigenvalue weighted by atomic mass is 10.0. The molecule has 0 aromatic carbocycles. The number of carboxylic acids is 3. The van der Waals surface area contributed by atoms with E-state index in [-0.39, 0.29) is 38.5 Å². The minimum absolute atomic E-state index is 0.173. The highest BCUT2D eigenvalue weighted by Crippen LogP contribution is 2.14. The van der Waals surface area contributed by atoms with Crippen molar-refractivity contribution >= 4 is 53.4 Å². The highest BCUT2D eigenvalue weighted by atomic mass is 32.1. The van der Waals surface area contributed by atoms with Crippen LogP contribution in [0.2, 0.25) is 0 Å². The zero-order chi connectivity index (χ0) is 34.0. The zero-order valence-electron chi connectivity index (χ0n) is 26.5. The molecule has 0 saturated heterocycles. The minimum atomic E-state index is -1.39. The van der Waals surface area contributed by atoms with E-state index in [1.54, 1.807) is 0 Å². The van der Waals surface area contributed by atoms with Crippen LogP contribution in [0.3, 0.4) is 0 Å². The molecule has 0 saturated carbocycles. The van der Waals surface area contributed by atoms with E-state index in [1.165, 1.54) is 39.0 Å². The van der Waals surface area contributed by atoms with Gasteiger partial charge in [0.05, 0.1) is 6.04 Å². The summed E-state index contributed by atoms with van der Waals surface area (Å²) in [4.78, 5) is 81.1. The van der Waals surface area contributed by atoms with Crippen LogP contribution in [0, 0.1) is 0 Å². The summed E-state index contributed by atoms with van der Waals surface area (Å²) in [6.07, 6.45) is 14.0. The first kappa shape index (κ1) is 41.8.